The Labute approximate surface area is 110 Å². The fraction of sp³-hybridized carbons (Fsp3) is 0.417. The van der Waals surface area contributed by atoms with Crippen LogP contribution in [0.1, 0.15) is 22.3 Å². The average Bonchev–Trinajstić information content (AvgIpc) is 2.28. The average molecular weight is 305 g/mol. The van der Waals surface area contributed by atoms with E-state index in [9.17, 15) is 4.79 Å². The smallest absolute Gasteiger partial charge is 0.255 e. The Bertz CT molecular complexity index is 381. The molecule has 1 rings (SSSR count). The molecule has 0 radical (unpaired) electrons. The maximum Gasteiger partial charge on any atom is 0.255 e. The summed E-state index contributed by atoms with van der Waals surface area (Å²) in [5.74, 6) is -0.0188. The molecule has 0 aliphatic carbocycles. The van der Waals surface area contributed by atoms with E-state index in [-0.39, 0.29) is 5.91 Å². The van der Waals surface area contributed by atoms with E-state index < -0.39 is 0 Å². The first kappa shape index (κ1) is 13.5. The predicted molar refractivity (Wildman–Crippen MR) is 71.6 cm³/mol. The third-order valence-electron chi connectivity index (χ3n) is 2.40. The number of alkyl halides is 1. The molecule has 0 heterocycles. The molecule has 0 fully saturated rings. The van der Waals surface area contributed by atoms with Gasteiger partial charge in [0.15, 0.2) is 0 Å². The number of aryl methyl sites for hydroxylation is 1. The molecule has 0 spiro atoms. The molecule has 0 atom stereocenters. The van der Waals surface area contributed by atoms with E-state index in [4.69, 9.17) is 11.6 Å². The fourth-order valence-corrected chi connectivity index (χ4v) is 1.87. The number of carbonyl (C=O) groups excluding carboxylic acids is 1. The highest BCUT2D eigenvalue weighted by Crippen LogP contribution is 2.21. The lowest BCUT2D eigenvalue weighted by atomic mass is 10.1. The molecular formula is C12H15BrClNO. The van der Waals surface area contributed by atoms with E-state index >= 15 is 0 Å². The Balaban J connectivity index is 2.84. The van der Waals surface area contributed by atoms with Crippen molar-refractivity contribution in [3.63, 3.8) is 0 Å². The minimum Gasteiger partial charge on any atom is -0.342 e. The summed E-state index contributed by atoms with van der Waals surface area (Å²) < 4.78 is 0. The van der Waals surface area contributed by atoms with Crippen LogP contribution in [0.3, 0.4) is 0 Å². The summed E-state index contributed by atoms with van der Waals surface area (Å²) in [4.78, 5) is 13.7. The summed E-state index contributed by atoms with van der Waals surface area (Å²) in [5.41, 5.74) is 1.51. The van der Waals surface area contributed by atoms with Crippen molar-refractivity contribution < 1.29 is 4.79 Å². The van der Waals surface area contributed by atoms with Crippen molar-refractivity contribution >= 4 is 33.4 Å². The molecule has 88 valence electrons. The van der Waals surface area contributed by atoms with E-state index in [2.05, 4.69) is 15.9 Å². The van der Waals surface area contributed by atoms with Gasteiger partial charge in [0.05, 0.1) is 10.6 Å². The molecule has 0 unspecified atom stereocenters. The summed E-state index contributed by atoms with van der Waals surface area (Å²) in [6, 6.07) is 5.52. The molecule has 16 heavy (non-hydrogen) atoms. The summed E-state index contributed by atoms with van der Waals surface area (Å²) in [5, 5.41) is 1.45. The molecule has 0 N–H and O–H groups in total. The molecule has 0 saturated carbocycles. The second-order valence-corrected chi connectivity index (χ2v) is 4.88. The molecule has 2 nitrogen and oxygen atoms in total. The lowest BCUT2D eigenvalue weighted by molar-refractivity contribution is 0.0796. The molecule has 0 bridgehead atoms. The SMILES string of the molecule is Cc1cccc(C(=O)N(C)CCCBr)c1Cl. The molecule has 4 heteroatoms. The summed E-state index contributed by atoms with van der Waals surface area (Å²) in [6.07, 6.45) is 0.936. The van der Waals surface area contributed by atoms with Gasteiger partial charge in [-0.25, -0.2) is 0 Å². The molecule has 0 aliphatic heterocycles. The van der Waals surface area contributed by atoms with Crippen molar-refractivity contribution in [2.24, 2.45) is 0 Å². The van der Waals surface area contributed by atoms with E-state index in [1.54, 1.807) is 18.0 Å². The number of halogens is 2. The van der Waals surface area contributed by atoms with Crippen molar-refractivity contribution in [3.8, 4) is 0 Å². The van der Waals surface area contributed by atoms with Crippen LogP contribution >= 0.6 is 27.5 Å². The quantitative estimate of drug-likeness (QED) is 0.780. The van der Waals surface area contributed by atoms with Gasteiger partial charge in [0.1, 0.15) is 0 Å². The Morgan fingerprint density at radius 2 is 2.19 bits per heavy atom. The van der Waals surface area contributed by atoms with E-state index in [0.717, 1.165) is 23.9 Å². The molecule has 0 saturated heterocycles. The predicted octanol–water partition coefficient (Wildman–Crippen LogP) is 3.51. The van der Waals surface area contributed by atoms with Crippen LogP contribution < -0.4 is 0 Å². The lowest BCUT2D eigenvalue weighted by Gasteiger charge is -2.17. The van der Waals surface area contributed by atoms with Crippen molar-refractivity contribution in [2.75, 3.05) is 18.9 Å². The van der Waals surface area contributed by atoms with Gasteiger partial charge in [-0.2, -0.15) is 0 Å². The normalized spacial score (nSPS) is 10.2. The third kappa shape index (κ3) is 3.22. The van der Waals surface area contributed by atoms with Crippen LogP contribution in [-0.2, 0) is 0 Å². The van der Waals surface area contributed by atoms with E-state index in [1.165, 1.54) is 0 Å². The minimum absolute atomic E-state index is 0.0188. The van der Waals surface area contributed by atoms with Crippen molar-refractivity contribution in [3.05, 3.63) is 34.3 Å². The molecular weight excluding hydrogens is 289 g/mol. The Hall–Kier alpha value is -0.540. The second kappa shape index (κ2) is 6.26. The summed E-state index contributed by atoms with van der Waals surface area (Å²) in [7, 11) is 1.80. The van der Waals surface area contributed by atoms with Crippen LogP contribution in [0.15, 0.2) is 18.2 Å². The van der Waals surface area contributed by atoms with Crippen molar-refractivity contribution in [2.45, 2.75) is 13.3 Å². The molecule has 0 aliphatic rings. The zero-order chi connectivity index (χ0) is 12.1. The number of benzene rings is 1. The van der Waals surface area contributed by atoms with Crippen LogP contribution in [0, 0.1) is 6.92 Å². The van der Waals surface area contributed by atoms with Gasteiger partial charge in [0, 0.05) is 18.9 Å². The number of hydrogen-bond acceptors (Lipinski definition) is 1. The molecule has 1 amide bonds. The maximum atomic E-state index is 12.0. The lowest BCUT2D eigenvalue weighted by Crippen LogP contribution is -2.28. The monoisotopic (exact) mass is 303 g/mol. The van der Waals surface area contributed by atoms with E-state index in [1.807, 2.05) is 19.1 Å². The van der Waals surface area contributed by atoms with Crippen LogP contribution in [0.25, 0.3) is 0 Å². The van der Waals surface area contributed by atoms with Gasteiger partial charge >= 0.3 is 0 Å². The molecule has 1 aromatic rings. The second-order valence-electron chi connectivity index (χ2n) is 3.71. The van der Waals surface area contributed by atoms with Crippen LogP contribution in [0.2, 0.25) is 5.02 Å². The third-order valence-corrected chi connectivity index (χ3v) is 3.46. The Morgan fingerprint density at radius 1 is 1.50 bits per heavy atom. The van der Waals surface area contributed by atoms with Gasteiger partial charge in [0.2, 0.25) is 0 Å². The number of nitrogens with zero attached hydrogens (tertiary/aromatic N) is 1. The van der Waals surface area contributed by atoms with Crippen LogP contribution in [-0.4, -0.2) is 29.7 Å². The van der Waals surface area contributed by atoms with Gasteiger partial charge in [-0.1, -0.05) is 39.7 Å². The van der Waals surface area contributed by atoms with Gasteiger partial charge in [-0.05, 0) is 25.0 Å². The molecule has 0 aromatic heterocycles. The number of amides is 1. The number of carbonyl (C=O) groups is 1. The Morgan fingerprint density at radius 3 is 2.81 bits per heavy atom. The largest absolute Gasteiger partial charge is 0.342 e. The van der Waals surface area contributed by atoms with Gasteiger partial charge in [-0.15, -0.1) is 0 Å². The summed E-state index contributed by atoms with van der Waals surface area (Å²) >= 11 is 9.45. The highest BCUT2D eigenvalue weighted by molar-refractivity contribution is 9.09. The van der Waals surface area contributed by atoms with Gasteiger partial charge in [0.25, 0.3) is 5.91 Å². The number of rotatable bonds is 4. The van der Waals surface area contributed by atoms with E-state index in [0.29, 0.717) is 10.6 Å². The van der Waals surface area contributed by atoms with Gasteiger partial charge < -0.3 is 4.90 Å². The first-order chi connectivity index (χ1) is 7.57. The van der Waals surface area contributed by atoms with Crippen molar-refractivity contribution in [1.82, 2.24) is 4.90 Å². The van der Waals surface area contributed by atoms with Crippen LogP contribution in [0.4, 0.5) is 0 Å². The standard InChI is InChI=1S/C12H15BrClNO/c1-9-5-3-6-10(11(9)14)12(16)15(2)8-4-7-13/h3,5-6H,4,7-8H2,1-2H3. The fourth-order valence-electron chi connectivity index (χ4n) is 1.42. The first-order valence-corrected chi connectivity index (χ1v) is 6.64. The van der Waals surface area contributed by atoms with Crippen LogP contribution in [0.5, 0.6) is 0 Å². The first-order valence-electron chi connectivity index (χ1n) is 5.14. The highest BCUT2D eigenvalue weighted by atomic mass is 79.9. The number of hydrogen-bond donors (Lipinski definition) is 0. The maximum absolute atomic E-state index is 12.0. The minimum atomic E-state index is -0.0188. The topological polar surface area (TPSA) is 20.3 Å². The van der Waals surface area contributed by atoms with Gasteiger partial charge in [-0.3, -0.25) is 4.79 Å². The highest BCUT2D eigenvalue weighted by Gasteiger charge is 2.15. The molecule has 1 aromatic carbocycles. The zero-order valence-corrected chi connectivity index (χ0v) is 11.8. The zero-order valence-electron chi connectivity index (χ0n) is 9.46. The Kier molecular flexibility index (Phi) is 5.29. The summed E-state index contributed by atoms with van der Waals surface area (Å²) in [6.45, 7) is 2.63. The van der Waals surface area contributed by atoms with Crippen molar-refractivity contribution in [1.29, 1.82) is 0 Å².